The number of piperidine rings is 1. The fraction of sp³-hybridized carbons (Fsp3) is 0.377. The molecule has 1 saturated heterocycles. The quantitative estimate of drug-likeness (QED) is 0.0421. The number of para-hydroxylation sites is 1. The first-order valence-corrected chi connectivity index (χ1v) is 27.5. The first kappa shape index (κ1) is 50.4. The molecule has 0 atom stereocenters. The van der Waals surface area contributed by atoms with Gasteiger partial charge in [0.1, 0.15) is 35.1 Å². The van der Waals surface area contributed by atoms with E-state index in [1.54, 1.807) is 0 Å². The van der Waals surface area contributed by atoms with Crippen molar-refractivity contribution in [3.63, 3.8) is 0 Å². The molecule has 1 aliphatic rings. The molecule has 3 aromatic heterocycles. The van der Waals surface area contributed by atoms with E-state index in [1.165, 1.54) is 17.8 Å². The van der Waals surface area contributed by atoms with Gasteiger partial charge in [-0.15, -0.1) is 0 Å². The van der Waals surface area contributed by atoms with Crippen molar-refractivity contribution >= 4 is 63.6 Å². The Morgan fingerprint density at radius 2 is 1.51 bits per heavy atom. The zero-order valence-corrected chi connectivity index (χ0v) is 43.4. The van der Waals surface area contributed by atoms with Gasteiger partial charge in [-0.2, -0.15) is 5.10 Å². The second-order valence-electron chi connectivity index (χ2n) is 18.9. The summed E-state index contributed by atoms with van der Waals surface area (Å²) in [5.74, 6) is 2.19. The van der Waals surface area contributed by atoms with Crippen LogP contribution in [0.5, 0.6) is 23.1 Å². The maximum absolute atomic E-state index is 12.8. The van der Waals surface area contributed by atoms with Gasteiger partial charge in [-0.1, -0.05) is 67.0 Å². The lowest BCUT2D eigenvalue weighted by atomic mass is 10.0. The van der Waals surface area contributed by atoms with Crippen LogP contribution in [-0.2, 0) is 14.2 Å². The van der Waals surface area contributed by atoms with Crippen LogP contribution < -0.4 is 14.9 Å². The van der Waals surface area contributed by atoms with E-state index in [1.807, 2.05) is 102 Å². The Hall–Kier alpha value is -5.95. The number of hydrogen-bond acceptors (Lipinski definition) is 13. The van der Waals surface area contributed by atoms with Crippen molar-refractivity contribution in [2.24, 2.45) is 4.99 Å². The molecule has 4 heterocycles. The number of carbonyl (C=O) groups is 1. The molecule has 1 aliphatic heterocycles. The molecule has 15 nitrogen and oxygen atoms in total. The maximum atomic E-state index is 12.8. The lowest BCUT2D eigenvalue weighted by Gasteiger charge is -2.36. The van der Waals surface area contributed by atoms with Crippen LogP contribution in [0.15, 0.2) is 113 Å². The van der Waals surface area contributed by atoms with Crippen LogP contribution >= 0.6 is 15.9 Å². The van der Waals surface area contributed by atoms with E-state index in [2.05, 4.69) is 64.7 Å². The zero-order chi connectivity index (χ0) is 49.4. The number of carbonyl (C=O) groups excluding carboxylic acids is 1. The number of hydrogen-bond donors (Lipinski definition) is 2. The molecule has 0 bridgehead atoms. The second-order valence-corrected chi connectivity index (χ2v) is 24.6. The second kappa shape index (κ2) is 22.4. The number of nitrogens with two attached hydrogens (primary N) is 1. The number of aliphatic imine (C=N–C) groups is 1. The minimum atomic E-state index is -2.15. The number of fused-ring (bicyclic) bond motifs is 2. The van der Waals surface area contributed by atoms with E-state index in [0.29, 0.717) is 74.2 Å². The molecule has 70 heavy (non-hydrogen) atoms. The summed E-state index contributed by atoms with van der Waals surface area (Å²) in [4.78, 5) is 29.2. The van der Waals surface area contributed by atoms with Gasteiger partial charge >= 0.3 is 0 Å². The number of benzene rings is 4. The molecule has 8 rings (SSSR count). The van der Waals surface area contributed by atoms with Crippen molar-refractivity contribution in [3.05, 3.63) is 119 Å². The van der Waals surface area contributed by atoms with Crippen LogP contribution in [-0.4, -0.2) is 120 Å². The fourth-order valence-corrected chi connectivity index (χ4v) is 9.76. The van der Waals surface area contributed by atoms with Gasteiger partial charge in [0.25, 0.3) is 0 Å². The summed E-state index contributed by atoms with van der Waals surface area (Å²) in [7, 11) is -2.15. The summed E-state index contributed by atoms with van der Waals surface area (Å²) in [6.45, 7) is 18.1. The Balaban J connectivity index is 0.785. The highest BCUT2D eigenvalue weighted by atomic mass is 79.9. The van der Waals surface area contributed by atoms with Crippen molar-refractivity contribution < 1.29 is 33.3 Å². The number of aromatic hydroxyl groups is 1. The third-order valence-electron chi connectivity index (χ3n) is 13.1. The number of nitrogen functional groups attached to an aromatic ring is 1. The largest absolute Gasteiger partial charge is 0.543 e. The molecule has 17 heteroatoms. The molecule has 0 saturated carbocycles. The van der Waals surface area contributed by atoms with Crippen LogP contribution in [0, 0.1) is 0 Å². The van der Waals surface area contributed by atoms with Gasteiger partial charge in [0.2, 0.25) is 20.1 Å². The topological polar surface area (TPSA) is 174 Å². The van der Waals surface area contributed by atoms with Crippen LogP contribution in [0.2, 0.25) is 18.1 Å². The molecule has 0 radical (unpaired) electrons. The molecule has 7 aromatic rings. The minimum Gasteiger partial charge on any atom is -0.543 e. The molecule has 1 fully saturated rings. The number of likely N-dealkylation sites (tertiary alicyclic amines) is 1. The lowest BCUT2D eigenvalue weighted by molar-refractivity contribution is 0.0103. The van der Waals surface area contributed by atoms with Gasteiger partial charge in [0.05, 0.1) is 74.4 Å². The van der Waals surface area contributed by atoms with Gasteiger partial charge < -0.3 is 39.1 Å². The van der Waals surface area contributed by atoms with E-state index in [9.17, 15) is 9.90 Å². The molecule has 3 N–H and O–H groups in total. The summed E-state index contributed by atoms with van der Waals surface area (Å²) < 4.78 is 34.5. The molecular formula is C53H63BrN8O7Si. The van der Waals surface area contributed by atoms with Gasteiger partial charge in [0, 0.05) is 47.5 Å². The Morgan fingerprint density at radius 3 is 2.21 bits per heavy atom. The number of rotatable bonds is 20. The fourth-order valence-electron chi connectivity index (χ4n) is 8.37. The number of halogens is 1. The van der Waals surface area contributed by atoms with Gasteiger partial charge in [0.15, 0.2) is 5.65 Å². The molecule has 0 spiro atoms. The average molecular weight is 1030 g/mol. The molecule has 0 unspecified atom stereocenters. The van der Waals surface area contributed by atoms with Crippen molar-refractivity contribution in [3.8, 4) is 34.4 Å². The van der Waals surface area contributed by atoms with Crippen LogP contribution in [0.25, 0.3) is 33.2 Å². The highest BCUT2D eigenvalue weighted by Gasteiger charge is 2.39. The van der Waals surface area contributed by atoms with Crippen LogP contribution in [0.3, 0.4) is 0 Å². The van der Waals surface area contributed by atoms with E-state index in [0.717, 1.165) is 82.1 Å². The van der Waals surface area contributed by atoms with Crippen molar-refractivity contribution in [2.45, 2.75) is 64.7 Å². The summed E-state index contributed by atoms with van der Waals surface area (Å²) in [6.07, 6.45) is 3.35. The molecule has 368 valence electrons. The molecule has 0 aliphatic carbocycles. The third-order valence-corrected chi connectivity index (χ3v) is 17.9. The summed E-state index contributed by atoms with van der Waals surface area (Å²) in [5.41, 5.74) is 11.2. The third kappa shape index (κ3) is 11.8. The number of ether oxygens (including phenoxy) is 4. The zero-order valence-electron chi connectivity index (χ0n) is 40.9. The van der Waals surface area contributed by atoms with Crippen molar-refractivity contribution in [2.75, 3.05) is 71.6 Å². The summed E-state index contributed by atoms with van der Waals surface area (Å²) in [6, 6.07) is 31.1. The van der Waals surface area contributed by atoms with Gasteiger partial charge in [-0.25, -0.2) is 14.6 Å². The van der Waals surface area contributed by atoms with Crippen LogP contribution in [0.4, 0.5) is 5.82 Å². The number of aromatic nitrogens is 5. The smallest absolute Gasteiger partial charge is 0.250 e. The Kier molecular flexibility index (Phi) is 16.2. The van der Waals surface area contributed by atoms with Crippen LogP contribution in [0.1, 0.15) is 62.5 Å². The minimum absolute atomic E-state index is 0.00170. The van der Waals surface area contributed by atoms with E-state index in [4.69, 9.17) is 39.2 Å². The van der Waals surface area contributed by atoms with E-state index >= 15 is 0 Å². The Morgan fingerprint density at radius 1 is 0.843 bits per heavy atom. The van der Waals surface area contributed by atoms with Crippen molar-refractivity contribution in [1.29, 1.82) is 0 Å². The highest BCUT2D eigenvalue weighted by molar-refractivity contribution is 9.10. The standard InChI is InChI=1S/C53H63BrN8O7Si/c1-36(63)61-45-20-17-39(54)34-44(45)46(52(61)64)48(38-11-10-14-43(33-38)69-70(5,6)53(2,3)4)56-23-27-65-29-31-67-32-30-66-28-26-60-24-21-40(22-25-60)62-51-47(50(55)57-35-58-51)49(59-62)37-15-18-42(19-16-37)68-41-12-8-7-9-13-41/h7-20,33-35,40,64H,21-32H2,1-6H3,(H2,55,57,58). The van der Waals surface area contributed by atoms with Gasteiger partial charge in [-0.05, 0) is 97.7 Å². The predicted octanol–water partition coefficient (Wildman–Crippen LogP) is 10.6. The predicted molar refractivity (Wildman–Crippen MR) is 281 cm³/mol. The number of nitrogens with zero attached hydrogens (tertiary/aromatic N) is 7. The van der Waals surface area contributed by atoms with E-state index < -0.39 is 8.32 Å². The first-order chi connectivity index (χ1) is 33.7. The Labute approximate surface area is 418 Å². The SMILES string of the molecule is CC(=O)n1c(O)c(C(=NCCOCCOCCOCCN2CCC(n3nc(-c4ccc(Oc5ccccc5)cc4)c4c(N)ncnc43)CC2)c2cccc(O[Si](C)(C)C(C)(C)C)c2)c2cc(Br)ccc21. The lowest BCUT2D eigenvalue weighted by Crippen LogP contribution is -2.43. The molecule has 0 amide bonds. The monoisotopic (exact) mass is 1030 g/mol. The van der Waals surface area contributed by atoms with Gasteiger partial charge in [-0.3, -0.25) is 14.4 Å². The summed E-state index contributed by atoms with van der Waals surface area (Å²) in [5, 5.41) is 18.1. The molecular weight excluding hydrogens is 969 g/mol. The molecule has 4 aromatic carbocycles. The Bertz CT molecular complexity index is 2930. The number of anilines is 1. The highest BCUT2D eigenvalue weighted by Crippen LogP contribution is 2.40. The van der Waals surface area contributed by atoms with Crippen molar-refractivity contribution in [1.82, 2.24) is 29.2 Å². The van der Waals surface area contributed by atoms with E-state index in [-0.39, 0.29) is 22.9 Å². The first-order valence-electron chi connectivity index (χ1n) is 23.8. The summed E-state index contributed by atoms with van der Waals surface area (Å²) >= 11 is 3.58. The average Bonchev–Trinajstić information content (AvgIpc) is 3.86. The maximum Gasteiger partial charge on any atom is 0.250 e. The normalized spacial score (nSPS) is 14.2.